The van der Waals surface area contributed by atoms with Gasteiger partial charge >= 0.3 is 0 Å². The van der Waals surface area contributed by atoms with Crippen molar-refractivity contribution in [3.05, 3.63) is 23.5 Å². The lowest BCUT2D eigenvalue weighted by molar-refractivity contribution is 0.200. The van der Waals surface area contributed by atoms with E-state index >= 15 is 0 Å². The van der Waals surface area contributed by atoms with E-state index < -0.39 is 0 Å². The van der Waals surface area contributed by atoms with Crippen LogP contribution < -0.4 is 5.32 Å². The van der Waals surface area contributed by atoms with Crippen molar-refractivity contribution in [2.45, 2.75) is 26.8 Å². The molecule has 0 fully saturated rings. The molecular formula is C13H23N3O. The van der Waals surface area contributed by atoms with Crippen LogP contribution >= 0.6 is 0 Å². The van der Waals surface area contributed by atoms with Crippen LogP contribution in [0.4, 0.5) is 0 Å². The van der Waals surface area contributed by atoms with Gasteiger partial charge in [-0.1, -0.05) is 18.6 Å². The van der Waals surface area contributed by atoms with E-state index in [4.69, 9.17) is 4.74 Å². The minimum atomic E-state index is 0.752. The van der Waals surface area contributed by atoms with Crippen molar-refractivity contribution in [1.82, 2.24) is 15.1 Å². The predicted molar refractivity (Wildman–Crippen MR) is 70.9 cm³/mol. The van der Waals surface area contributed by atoms with Crippen LogP contribution in [0.2, 0.25) is 0 Å². The topological polar surface area (TPSA) is 39.1 Å². The van der Waals surface area contributed by atoms with Crippen LogP contribution in [0.3, 0.4) is 0 Å². The van der Waals surface area contributed by atoms with Gasteiger partial charge in [0.15, 0.2) is 0 Å². The predicted octanol–water partition coefficient (Wildman–Crippen LogP) is 1.93. The Morgan fingerprint density at radius 2 is 2.41 bits per heavy atom. The molecule has 0 saturated heterocycles. The van der Waals surface area contributed by atoms with Gasteiger partial charge in [-0.3, -0.25) is 4.68 Å². The first kappa shape index (κ1) is 13.9. The van der Waals surface area contributed by atoms with E-state index in [0.717, 1.165) is 32.7 Å². The van der Waals surface area contributed by atoms with Crippen LogP contribution in [0, 0.1) is 0 Å². The molecule has 0 atom stereocenters. The highest BCUT2D eigenvalue weighted by Gasteiger charge is 1.96. The van der Waals surface area contributed by atoms with Gasteiger partial charge < -0.3 is 10.1 Å². The molecule has 1 heterocycles. The van der Waals surface area contributed by atoms with Gasteiger partial charge in [-0.15, -0.1) is 0 Å². The fourth-order valence-corrected chi connectivity index (χ4v) is 1.60. The SMILES string of the molecule is CCCn1cc(/C=C(/C)CNCCOC)cn1. The third-order valence-electron chi connectivity index (χ3n) is 2.41. The highest BCUT2D eigenvalue weighted by Crippen LogP contribution is 2.05. The molecule has 4 heteroatoms. The first-order valence-corrected chi connectivity index (χ1v) is 6.15. The summed E-state index contributed by atoms with van der Waals surface area (Å²) in [6, 6.07) is 0. The normalized spacial score (nSPS) is 12.1. The molecular weight excluding hydrogens is 214 g/mol. The summed E-state index contributed by atoms with van der Waals surface area (Å²) >= 11 is 0. The van der Waals surface area contributed by atoms with E-state index in [1.54, 1.807) is 7.11 Å². The Hall–Kier alpha value is -1.13. The molecule has 4 nitrogen and oxygen atoms in total. The van der Waals surface area contributed by atoms with Gasteiger partial charge in [0.1, 0.15) is 0 Å². The quantitative estimate of drug-likeness (QED) is 0.702. The molecule has 0 aliphatic carbocycles. The summed E-state index contributed by atoms with van der Waals surface area (Å²) in [6.45, 7) is 7.79. The molecule has 17 heavy (non-hydrogen) atoms. The Bertz CT molecular complexity index is 344. The van der Waals surface area contributed by atoms with E-state index in [0.29, 0.717) is 0 Å². The minimum Gasteiger partial charge on any atom is -0.383 e. The number of hydrogen-bond donors (Lipinski definition) is 1. The van der Waals surface area contributed by atoms with Crippen molar-refractivity contribution in [3.8, 4) is 0 Å². The maximum absolute atomic E-state index is 4.98. The second-order valence-electron chi connectivity index (χ2n) is 4.20. The zero-order chi connectivity index (χ0) is 12.5. The van der Waals surface area contributed by atoms with Gasteiger partial charge in [-0.25, -0.2) is 0 Å². The van der Waals surface area contributed by atoms with Gasteiger partial charge in [0.2, 0.25) is 0 Å². The van der Waals surface area contributed by atoms with Gasteiger partial charge in [-0.2, -0.15) is 5.10 Å². The monoisotopic (exact) mass is 237 g/mol. The molecule has 0 spiro atoms. The smallest absolute Gasteiger partial charge is 0.0587 e. The second kappa shape index (κ2) is 8.03. The van der Waals surface area contributed by atoms with Crippen LogP contribution in [0.5, 0.6) is 0 Å². The van der Waals surface area contributed by atoms with E-state index in [1.807, 2.05) is 10.9 Å². The highest BCUT2D eigenvalue weighted by atomic mass is 16.5. The van der Waals surface area contributed by atoms with Gasteiger partial charge in [0.05, 0.1) is 12.8 Å². The second-order valence-corrected chi connectivity index (χ2v) is 4.20. The summed E-state index contributed by atoms with van der Waals surface area (Å²) < 4.78 is 6.96. The van der Waals surface area contributed by atoms with E-state index in [1.165, 1.54) is 11.1 Å². The molecule has 1 N–H and O–H groups in total. The largest absolute Gasteiger partial charge is 0.383 e. The molecule has 0 aromatic carbocycles. The maximum atomic E-state index is 4.98. The van der Waals surface area contributed by atoms with Crippen LogP contribution in [-0.4, -0.2) is 36.6 Å². The van der Waals surface area contributed by atoms with Crippen molar-refractivity contribution < 1.29 is 4.74 Å². The number of nitrogens with zero attached hydrogens (tertiary/aromatic N) is 2. The van der Waals surface area contributed by atoms with E-state index in [9.17, 15) is 0 Å². The Morgan fingerprint density at radius 3 is 3.12 bits per heavy atom. The molecule has 0 unspecified atom stereocenters. The zero-order valence-electron chi connectivity index (χ0n) is 11.1. The Labute approximate surface area is 104 Å². The summed E-state index contributed by atoms with van der Waals surface area (Å²) in [5, 5.41) is 7.62. The van der Waals surface area contributed by atoms with E-state index in [-0.39, 0.29) is 0 Å². The standard InChI is InChI=1S/C13H23N3O/c1-4-6-16-11-13(10-15-16)8-12(2)9-14-5-7-17-3/h8,10-11,14H,4-7,9H2,1-3H3/b12-8-. The maximum Gasteiger partial charge on any atom is 0.0587 e. The molecule has 0 saturated carbocycles. The van der Waals surface area contributed by atoms with Crippen LogP contribution in [0.25, 0.3) is 6.08 Å². The lowest BCUT2D eigenvalue weighted by atomic mass is 10.2. The summed E-state index contributed by atoms with van der Waals surface area (Å²) in [4.78, 5) is 0. The number of methoxy groups -OCH3 is 1. The number of aryl methyl sites for hydroxylation is 1. The van der Waals surface area contributed by atoms with Crippen molar-refractivity contribution in [2.75, 3.05) is 26.8 Å². The summed E-state index contributed by atoms with van der Waals surface area (Å²) in [5.74, 6) is 0. The van der Waals surface area contributed by atoms with Crippen molar-refractivity contribution in [3.63, 3.8) is 0 Å². The lowest BCUT2D eigenvalue weighted by Crippen LogP contribution is -2.20. The van der Waals surface area contributed by atoms with E-state index in [2.05, 4.69) is 36.5 Å². The zero-order valence-corrected chi connectivity index (χ0v) is 11.1. The van der Waals surface area contributed by atoms with Gasteiger partial charge in [0.25, 0.3) is 0 Å². The van der Waals surface area contributed by atoms with Gasteiger partial charge in [0, 0.05) is 38.5 Å². The number of aromatic nitrogens is 2. The number of rotatable bonds is 8. The average Bonchev–Trinajstić information content (AvgIpc) is 2.73. The Balaban J connectivity index is 2.38. The first-order valence-electron chi connectivity index (χ1n) is 6.15. The molecule has 0 amide bonds. The number of hydrogen-bond acceptors (Lipinski definition) is 3. The van der Waals surface area contributed by atoms with Crippen LogP contribution in [0.15, 0.2) is 18.0 Å². The summed E-state index contributed by atoms with van der Waals surface area (Å²) in [7, 11) is 1.71. The molecule has 1 aromatic heterocycles. The minimum absolute atomic E-state index is 0.752. The fourth-order valence-electron chi connectivity index (χ4n) is 1.60. The average molecular weight is 237 g/mol. The number of ether oxygens (including phenoxy) is 1. The molecule has 0 bridgehead atoms. The molecule has 96 valence electrons. The molecule has 0 radical (unpaired) electrons. The fraction of sp³-hybridized carbons (Fsp3) is 0.615. The molecule has 0 aliphatic heterocycles. The molecule has 1 aromatic rings. The van der Waals surface area contributed by atoms with Crippen LogP contribution in [0.1, 0.15) is 25.8 Å². The summed E-state index contributed by atoms with van der Waals surface area (Å²) in [6.07, 6.45) is 7.28. The first-order chi connectivity index (χ1) is 8.26. The lowest BCUT2D eigenvalue weighted by Gasteiger charge is -2.03. The van der Waals surface area contributed by atoms with Crippen LogP contribution in [-0.2, 0) is 11.3 Å². The van der Waals surface area contributed by atoms with Crippen molar-refractivity contribution in [1.29, 1.82) is 0 Å². The molecule has 0 aliphatic rings. The third-order valence-corrected chi connectivity index (χ3v) is 2.41. The third kappa shape index (κ3) is 5.65. The highest BCUT2D eigenvalue weighted by molar-refractivity contribution is 5.50. The Kier molecular flexibility index (Phi) is 6.58. The van der Waals surface area contributed by atoms with Crippen molar-refractivity contribution >= 4 is 6.08 Å². The van der Waals surface area contributed by atoms with Gasteiger partial charge in [-0.05, 0) is 13.3 Å². The van der Waals surface area contributed by atoms with Crippen molar-refractivity contribution in [2.24, 2.45) is 0 Å². The molecule has 1 rings (SSSR count). The Morgan fingerprint density at radius 1 is 1.59 bits per heavy atom. The number of nitrogens with one attached hydrogen (secondary N) is 1. The summed E-state index contributed by atoms with van der Waals surface area (Å²) in [5.41, 5.74) is 2.47.